The maximum Gasteiger partial charge on any atom is 0.262 e. The summed E-state index contributed by atoms with van der Waals surface area (Å²) in [7, 11) is 0. The number of benzene rings is 1. The number of aromatic amines is 1. The number of nitrogens with two attached hydrogens (primary N) is 1. The normalized spacial score (nSPS) is 17.0. The highest BCUT2D eigenvalue weighted by Gasteiger charge is 2.29. The monoisotopic (exact) mass is 320 g/mol. The first kappa shape index (κ1) is 14.6. The van der Waals surface area contributed by atoms with Crippen molar-refractivity contribution in [3.8, 4) is 0 Å². The van der Waals surface area contributed by atoms with Crippen molar-refractivity contribution in [1.29, 1.82) is 0 Å². The van der Waals surface area contributed by atoms with Crippen LogP contribution in [0.3, 0.4) is 0 Å². The van der Waals surface area contributed by atoms with Crippen LogP contribution in [-0.4, -0.2) is 20.7 Å². The molecule has 0 fully saturated rings. The second-order valence-electron chi connectivity index (χ2n) is 6.24. The Balaban J connectivity index is 1.91. The Morgan fingerprint density at radius 2 is 2.08 bits per heavy atom. The fourth-order valence-corrected chi connectivity index (χ4v) is 3.45. The van der Waals surface area contributed by atoms with Gasteiger partial charge in [-0.3, -0.25) is 14.6 Å². The van der Waals surface area contributed by atoms with Gasteiger partial charge in [0, 0.05) is 18.2 Å². The molecule has 6 nitrogen and oxygen atoms in total. The summed E-state index contributed by atoms with van der Waals surface area (Å²) in [6, 6.07) is 8.13. The van der Waals surface area contributed by atoms with Gasteiger partial charge in [-0.25, -0.2) is 4.98 Å². The van der Waals surface area contributed by atoms with Crippen molar-refractivity contribution in [3.63, 3.8) is 0 Å². The minimum absolute atomic E-state index is 0.00776. The molecule has 0 aliphatic heterocycles. The molecular formula is C18H16N4O2. The third kappa shape index (κ3) is 2.27. The molecule has 3 aromatic rings. The van der Waals surface area contributed by atoms with Crippen LogP contribution in [0.5, 0.6) is 0 Å². The lowest BCUT2D eigenvalue weighted by molar-refractivity contribution is 0.0964. The van der Waals surface area contributed by atoms with Crippen LogP contribution in [0.25, 0.3) is 11.0 Å². The fourth-order valence-electron chi connectivity index (χ4n) is 3.45. The van der Waals surface area contributed by atoms with Gasteiger partial charge in [0.1, 0.15) is 0 Å². The number of pyridine rings is 1. The molecule has 1 aliphatic carbocycles. The van der Waals surface area contributed by atoms with E-state index < -0.39 is 0 Å². The third-order valence-electron chi connectivity index (χ3n) is 4.56. The molecule has 0 saturated carbocycles. The van der Waals surface area contributed by atoms with Crippen LogP contribution in [0.2, 0.25) is 0 Å². The van der Waals surface area contributed by atoms with Gasteiger partial charge in [-0.05, 0) is 30.4 Å². The van der Waals surface area contributed by atoms with Gasteiger partial charge in [0.25, 0.3) is 5.56 Å². The van der Waals surface area contributed by atoms with Gasteiger partial charge >= 0.3 is 0 Å². The predicted molar refractivity (Wildman–Crippen MR) is 91.1 cm³/mol. The largest absolute Gasteiger partial charge is 0.369 e. The summed E-state index contributed by atoms with van der Waals surface area (Å²) in [5.74, 6) is 0.0816. The second-order valence-corrected chi connectivity index (χ2v) is 6.24. The van der Waals surface area contributed by atoms with Crippen molar-refractivity contribution in [2.45, 2.75) is 25.7 Å². The summed E-state index contributed by atoms with van der Waals surface area (Å²) in [5.41, 5.74) is 9.02. The van der Waals surface area contributed by atoms with Crippen molar-refractivity contribution >= 4 is 22.8 Å². The van der Waals surface area contributed by atoms with Crippen LogP contribution in [0.4, 0.5) is 5.95 Å². The number of aromatic nitrogens is 3. The molecule has 2 aromatic heterocycles. The lowest BCUT2D eigenvalue weighted by Gasteiger charge is -2.24. The number of rotatable bonds is 1. The maximum atomic E-state index is 12.6. The van der Waals surface area contributed by atoms with Crippen molar-refractivity contribution in [1.82, 2.24) is 15.0 Å². The predicted octanol–water partition coefficient (Wildman–Crippen LogP) is 2.12. The maximum absolute atomic E-state index is 12.6. The van der Waals surface area contributed by atoms with Crippen molar-refractivity contribution in [2.24, 2.45) is 0 Å². The van der Waals surface area contributed by atoms with E-state index in [1.165, 1.54) is 6.20 Å². The minimum Gasteiger partial charge on any atom is -0.369 e. The Morgan fingerprint density at radius 1 is 1.25 bits per heavy atom. The van der Waals surface area contributed by atoms with Gasteiger partial charge in [-0.2, -0.15) is 4.98 Å². The van der Waals surface area contributed by atoms with Crippen molar-refractivity contribution in [2.75, 3.05) is 5.73 Å². The number of Topliss-reactive ketones (excluding diaryl/α,β-unsaturated/α-hetero) is 1. The van der Waals surface area contributed by atoms with Gasteiger partial charge in [0.05, 0.1) is 5.39 Å². The Labute approximate surface area is 137 Å². The van der Waals surface area contributed by atoms with E-state index in [4.69, 9.17) is 5.73 Å². The van der Waals surface area contributed by atoms with Gasteiger partial charge in [0.15, 0.2) is 11.4 Å². The molecule has 1 aromatic carbocycles. The zero-order valence-corrected chi connectivity index (χ0v) is 13.2. The number of carbonyl (C=O) groups is 1. The Hall–Kier alpha value is -3.02. The van der Waals surface area contributed by atoms with Gasteiger partial charge in [0.2, 0.25) is 5.95 Å². The molecule has 3 N–H and O–H groups in total. The van der Waals surface area contributed by atoms with E-state index in [-0.39, 0.29) is 28.9 Å². The van der Waals surface area contributed by atoms with Crippen LogP contribution in [0, 0.1) is 6.92 Å². The summed E-state index contributed by atoms with van der Waals surface area (Å²) in [6.45, 7) is 2.03. The number of fused-ring (bicyclic) bond motifs is 3. The molecule has 1 aliphatic rings. The number of nitrogens with zero attached hydrogens (tertiary/aromatic N) is 2. The molecule has 0 radical (unpaired) electrons. The zero-order valence-electron chi connectivity index (χ0n) is 13.2. The molecule has 0 saturated heterocycles. The lowest BCUT2D eigenvalue weighted by Crippen LogP contribution is -2.23. The first-order valence-electron chi connectivity index (χ1n) is 7.80. The number of nitrogen functional groups attached to an aromatic ring is 1. The van der Waals surface area contributed by atoms with E-state index in [1.807, 2.05) is 25.1 Å². The highest BCUT2D eigenvalue weighted by molar-refractivity contribution is 6.02. The Kier molecular flexibility index (Phi) is 3.19. The number of aryl methyl sites for hydroxylation is 1. The average molecular weight is 320 g/mol. The molecule has 1 atom stereocenters. The summed E-state index contributed by atoms with van der Waals surface area (Å²) in [4.78, 5) is 35.7. The molecule has 4 rings (SSSR count). The number of hydrogen-bond donors (Lipinski definition) is 2. The highest BCUT2D eigenvalue weighted by Crippen LogP contribution is 2.34. The number of anilines is 1. The molecule has 24 heavy (non-hydrogen) atoms. The first-order valence-corrected chi connectivity index (χ1v) is 7.80. The van der Waals surface area contributed by atoms with E-state index in [9.17, 15) is 9.59 Å². The van der Waals surface area contributed by atoms with E-state index in [1.54, 1.807) is 0 Å². The van der Waals surface area contributed by atoms with E-state index >= 15 is 0 Å². The van der Waals surface area contributed by atoms with Gasteiger partial charge < -0.3 is 5.73 Å². The summed E-state index contributed by atoms with van der Waals surface area (Å²) in [6.07, 6.45) is 2.54. The smallest absolute Gasteiger partial charge is 0.262 e. The van der Waals surface area contributed by atoms with E-state index in [0.29, 0.717) is 23.8 Å². The molecule has 6 heteroatoms. The first-order chi connectivity index (χ1) is 11.5. The fraction of sp³-hybridized carbons (Fsp3) is 0.222. The van der Waals surface area contributed by atoms with Crippen LogP contribution < -0.4 is 11.3 Å². The van der Waals surface area contributed by atoms with Crippen LogP contribution in [0.15, 0.2) is 35.3 Å². The number of ketones is 1. The van der Waals surface area contributed by atoms with Crippen molar-refractivity contribution < 1.29 is 4.79 Å². The van der Waals surface area contributed by atoms with Gasteiger partial charge in [-0.1, -0.05) is 29.8 Å². The zero-order chi connectivity index (χ0) is 16.8. The number of carbonyl (C=O) groups excluding carboxylic acids is 1. The van der Waals surface area contributed by atoms with Gasteiger partial charge in [-0.15, -0.1) is 0 Å². The lowest BCUT2D eigenvalue weighted by atomic mass is 9.79. The Morgan fingerprint density at radius 3 is 2.88 bits per heavy atom. The molecule has 1 unspecified atom stereocenters. The van der Waals surface area contributed by atoms with E-state index in [0.717, 1.165) is 16.7 Å². The molecule has 2 heterocycles. The SMILES string of the molecule is Cc1cccc(C2CC(=O)c3cnc4nc(N)[nH]c(=O)c4c3C2)c1. The quantitative estimate of drug-likeness (QED) is 0.715. The van der Waals surface area contributed by atoms with Crippen molar-refractivity contribution in [3.05, 3.63) is 63.1 Å². The molecule has 120 valence electrons. The molecule has 0 bridgehead atoms. The van der Waals surface area contributed by atoms with Crippen LogP contribution in [0.1, 0.15) is 39.4 Å². The molecule has 0 spiro atoms. The summed E-state index contributed by atoms with van der Waals surface area (Å²) < 4.78 is 0. The number of H-pyrrole nitrogens is 1. The number of hydrogen-bond acceptors (Lipinski definition) is 5. The topological polar surface area (TPSA) is 102 Å². The standard InChI is InChI=1S/C18H16N4O2/c1-9-3-2-4-10(5-9)11-6-12-13(14(23)7-11)8-20-16-15(12)17(24)22-18(19)21-16/h2-5,8,11H,6-7H2,1H3,(H3,19,20,21,22,24). The van der Waals surface area contributed by atoms with E-state index in [2.05, 4.69) is 21.0 Å². The molecular weight excluding hydrogens is 304 g/mol. The van der Waals surface area contributed by atoms with Crippen LogP contribution >= 0.6 is 0 Å². The second kappa shape index (κ2) is 5.26. The Bertz CT molecular complexity index is 1040. The molecule has 0 amide bonds. The highest BCUT2D eigenvalue weighted by atomic mass is 16.1. The number of nitrogens with one attached hydrogen (secondary N) is 1. The average Bonchev–Trinajstić information content (AvgIpc) is 2.53. The minimum atomic E-state index is -0.348. The third-order valence-corrected chi connectivity index (χ3v) is 4.56. The van der Waals surface area contributed by atoms with Crippen LogP contribution in [-0.2, 0) is 6.42 Å². The summed E-state index contributed by atoms with van der Waals surface area (Å²) >= 11 is 0. The summed E-state index contributed by atoms with van der Waals surface area (Å²) in [5, 5.41) is 0.368.